The van der Waals surface area contributed by atoms with E-state index >= 15 is 0 Å². The molecule has 1 unspecified atom stereocenters. The molecule has 0 fully saturated rings. The third-order valence-corrected chi connectivity index (χ3v) is 3.74. The van der Waals surface area contributed by atoms with Gasteiger partial charge in [0.2, 0.25) is 0 Å². The molecule has 0 spiro atoms. The minimum Gasteiger partial charge on any atom is -0.310 e. The maximum Gasteiger partial charge on any atom is 0.128 e. The second kappa shape index (κ2) is 7.94. The minimum atomic E-state index is -0.100. The Kier molecular flexibility index (Phi) is 5.94. The summed E-state index contributed by atoms with van der Waals surface area (Å²) in [4.78, 5) is 0. The molecule has 0 saturated heterocycles. The molecule has 2 aromatic rings. The summed E-state index contributed by atoms with van der Waals surface area (Å²) in [5.74, 6) is -0.100. The van der Waals surface area contributed by atoms with Crippen molar-refractivity contribution in [3.63, 3.8) is 0 Å². The summed E-state index contributed by atoms with van der Waals surface area (Å²) in [7, 11) is 0. The molecule has 0 amide bonds. The van der Waals surface area contributed by atoms with Gasteiger partial charge in [-0.15, -0.1) is 0 Å². The summed E-state index contributed by atoms with van der Waals surface area (Å²) in [5, 5.41) is 3.48. The van der Waals surface area contributed by atoms with E-state index in [-0.39, 0.29) is 11.9 Å². The summed E-state index contributed by atoms with van der Waals surface area (Å²) in [6.45, 7) is 4.96. The highest BCUT2D eigenvalue weighted by Gasteiger charge is 2.15. The number of rotatable bonds is 7. The van der Waals surface area contributed by atoms with Gasteiger partial charge >= 0.3 is 0 Å². The van der Waals surface area contributed by atoms with Crippen molar-refractivity contribution in [3.8, 4) is 0 Å². The van der Waals surface area contributed by atoms with Crippen LogP contribution in [0.3, 0.4) is 0 Å². The van der Waals surface area contributed by atoms with Crippen molar-refractivity contribution in [1.82, 2.24) is 5.32 Å². The van der Waals surface area contributed by atoms with Gasteiger partial charge < -0.3 is 5.32 Å². The topological polar surface area (TPSA) is 12.0 Å². The lowest BCUT2D eigenvalue weighted by atomic mass is 9.97. The zero-order valence-corrected chi connectivity index (χ0v) is 12.9. The molecular formula is C19H24FN. The fourth-order valence-corrected chi connectivity index (χ4v) is 2.56. The number of benzene rings is 2. The predicted octanol–water partition coefficient (Wildman–Crippen LogP) is 4.81. The Balaban J connectivity index is 2.10. The van der Waals surface area contributed by atoms with Crippen molar-refractivity contribution in [2.24, 2.45) is 0 Å². The molecule has 1 N–H and O–H groups in total. The van der Waals surface area contributed by atoms with Crippen molar-refractivity contribution in [1.29, 1.82) is 0 Å². The predicted molar refractivity (Wildman–Crippen MR) is 86.9 cm³/mol. The van der Waals surface area contributed by atoms with Gasteiger partial charge in [-0.25, -0.2) is 4.39 Å². The fraction of sp³-hybridized carbons (Fsp3) is 0.368. The van der Waals surface area contributed by atoms with Crippen LogP contribution in [0, 0.1) is 12.7 Å². The standard InChI is InChI=1S/C19H24FN/c1-3-13-21-19(12-10-16-7-5-4-6-8-16)17-11-9-15(2)14-18(17)20/h4-9,11,14,19,21H,3,10,12-13H2,1-2H3. The van der Waals surface area contributed by atoms with E-state index in [1.54, 1.807) is 6.07 Å². The summed E-state index contributed by atoms with van der Waals surface area (Å²) < 4.78 is 14.2. The number of nitrogens with one attached hydrogen (secondary N) is 1. The van der Waals surface area contributed by atoms with E-state index in [1.165, 1.54) is 5.56 Å². The smallest absolute Gasteiger partial charge is 0.128 e. The first kappa shape index (κ1) is 15.7. The van der Waals surface area contributed by atoms with Crippen molar-refractivity contribution in [2.75, 3.05) is 6.54 Å². The van der Waals surface area contributed by atoms with Gasteiger partial charge in [-0.2, -0.15) is 0 Å². The van der Waals surface area contributed by atoms with Gasteiger partial charge in [0, 0.05) is 11.6 Å². The van der Waals surface area contributed by atoms with Crippen molar-refractivity contribution in [2.45, 2.75) is 39.2 Å². The monoisotopic (exact) mass is 285 g/mol. The lowest BCUT2D eigenvalue weighted by molar-refractivity contribution is 0.473. The van der Waals surface area contributed by atoms with Crippen LogP contribution in [0.2, 0.25) is 0 Å². The van der Waals surface area contributed by atoms with E-state index in [4.69, 9.17) is 0 Å². The molecule has 2 rings (SSSR count). The molecule has 0 bridgehead atoms. The van der Waals surface area contributed by atoms with Gasteiger partial charge in [0.25, 0.3) is 0 Å². The molecule has 0 aliphatic rings. The Morgan fingerprint density at radius 2 is 1.86 bits per heavy atom. The molecule has 0 saturated carbocycles. The highest BCUT2D eigenvalue weighted by atomic mass is 19.1. The average Bonchev–Trinajstić information content (AvgIpc) is 2.49. The van der Waals surface area contributed by atoms with E-state index in [0.29, 0.717) is 0 Å². The normalized spacial score (nSPS) is 12.3. The Bertz CT molecular complexity index is 551. The molecule has 2 aromatic carbocycles. The molecule has 2 heteroatoms. The van der Waals surface area contributed by atoms with E-state index in [9.17, 15) is 4.39 Å². The molecule has 1 nitrogen and oxygen atoms in total. The van der Waals surface area contributed by atoms with Gasteiger partial charge in [0.15, 0.2) is 0 Å². The summed E-state index contributed by atoms with van der Waals surface area (Å²) in [5.41, 5.74) is 3.05. The highest BCUT2D eigenvalue weighted by Crippen LogP contribution is 2.23. The molecule has 0 aromatic heterocycles. The van der Waals surface area contributed by atoms with Crippen LogP contribution in [0.1, 0.15) is 42.5 Å². The average molecular weight is 285 g/mol. The van der Waals surface area contributed by atoms with Crippen LogP contribution in [0.4, 0.5) is 4.39 Å². The van der Waals surface area contributed by atoms with Crippen LogP contribution in [0.15, 0.2) is 48.5 Å². The van der Waals surface area contributed by atoms with Crippen LogP contribution in [0.5, 0.6) is 0 Å². The molecule has 112 valence electrons. The van der Waals surface area contributed by atoms with Crippen LogP contribution in [-0.2, 0) is 6.42 Å². The lowest BCUT2D eigenvalue weighted by Gasteiger charge is -2.20. The molecule has 0 heterocycles. The van der Waals surface area contributed by atoms with Crippen LogP contribution < -0.4 is 5.32 Å². The van der Waals surface area contributed by atoms with Crippen molar-refractivity contribution >= 4 is 0 Å². The van der Waals surface area contributed by atoms with E-state index in [1.807, 2.05) is 25.1 Å². The van der Waals surface area contributed by atoms with E-state index in [2.05, 4.69) is 36.5 Å². The number of halogens is 1. The number of hydrogen-bond donors (Lipinski definition) is 1. The molecule has 1 atom stereocenters. The molecule has 0 radical (unpaired) electrons. The molecule has 0 aliphatic carbocycles. The Morgan fingerprint density at radius 3 is 2.52 bits per heavy atom. The van der Waals surface area contributed by atoms with Gasteiger partial charge in [-0.1, -0.05) is 49.4 Å². The van der Waals surface area contributed by atoms with Crippen LogP contribution in [-0.4, -0.2) is 6.54 Å². The first-order valence-electron chi connectivity index (χ1n) is 7.74. The fourth-order valence-electron chi connectivity index (χ4n) is 2.56. The maximum atomic E-state index is 14.2. The number of aryl methyl sites for hydroxylation is 2. The van der Waals surface area contributed by atoms with Gasteiger partial charge in [0.05, 0.1) is 0 Å². The Hall–Kier alpha value is -1.67. The zero-order chi connectivity index (χ0) is 15.1. The SMILES string of the molecule is CCCNC(CCc1ccccc1)c1ccc(C)cc1F. The lowest BCUT2D eigenvalue weighted by Crippen LogP contribution is -2.23. The molecule has 21 heavy (non-hydrogen) atoms. The Morgan fingerprint density at radius 1 is 1.10 bits per heavy atom. The quantitative estimate of drug-likeness (QED) is 0.770. The van der Waals surface area contributed by atoms with Gasteiger partial charge in [0.1, 0.15) is 5.82 Å². The summed E-state index contributed by atoms with van der Waals surface area (Å²) >= 11 is 0. The second-order valence-corrected chi connectivity index (χ2v) is 5.56. The van der Waals surface area contributed by atoms with Crippen LogP contribution in [0.25, 0.3) is 0 Å². The summed E-state index contributed by atoms with van der Waals surface area (Å²) in [6.07, 6.45) is 2.91. The van der Waals surface area contributed by atoms with E-state index < -0.39 is 0 Å². The second-order valence-electron chi connectivity index (χ2n) is 5.56. The third-order valence-electron chi connectivity index (χ3n) is 3.74. The highest BCUT2D eigenvalue weighted by molar-refractivity contribution is 5.26. The molecule has 0 aliphatic heterocycles. The van der Waals surface area contributed by atoms with Gasteiger partial charge in [-0.05, 0) is 49.9 Å². The largest absolute Gasteiger partial charge is 0.310 e. The Labute approximate surface area is 127 Å². The minimum absolute atomic E-state index is 0.0748. The number of hydrogen-bond acceptors (Lipinski definition) is 1. The van der Waals surface area contributed by atoms with Gasteiger partial charge in [-0.3, -0.25) is 0 Å². The van der Waals surface area contributed by atoms with Crippen molar-refractivity contribution < 1.29 is 4.39 Å². The first-order valence-corrected chi connectivity index (χ1v) is 7.74. The molecular weight excluding hydrogens is 261 g/mol. The van der Waals surface area contributed by atoms with E-state index in [0.717, 1.165) is 36.9 Å². The van der Waals surface area contributed by atoms with Crippen molar-refractivity contribution in [3.05, 3.63) is 71.0 Å². The first-order chi connectivity index (χ1) is 10.2. The van der Waals surface area contributed by atoms with Crippen LogP contribution >= 0.6 is 0 Å². The summed E-state index contributed by atoms with van der Waals surface area (Å²) in [6, 6.07) is 16.0. The third kappa shape index (κ3) is 4.68. The zero-order valence-electron chi connectivity index (χ0n) is 12.9. The maximum absolute atomic E-state index is 14.2.